The van der Waals surface area contributed by atoms with E-state index in [1.807, 2.05) is 0 Å². The highest BCUT2D eigenvalue weighted by Gasteiger charge is 2.25. The van der Waals surface area contributed by atoms with E-state index in [4.69, 9.17) is 12.2 Å². The monoisotopic (exact) mass is 354 g/mol. The second-order valence-corrected chi connectivity index (χ2v) is 7.77. The number of hydrogen-bond donors (Lipinski definition) is 1. The van der Waals surface area contributed by atoms with Crippen LogP contribution < -0.4 is 0 Å². The maximum atomic E-state index is 5.48. The topological polar surface area (TPSA) is 28.7 Å². The summed E-state index contributed by atoms with van der Waals surface area (Å²) in [6, 6.07) is 0. The van der Waals surface area contributed by atoms with Gasteiger partial charge in [0.15, 0.2) is 0 Å². The molecule has 3 rings (SSSR count). The molecule has 0 amide bonds. The smallest absolute Gasteiger partial charge is 0.144 e. The molecule has 0 unspecified atom stereocenters. The van der Waals surface area contributed by atoms with Crippen molar-refractivity contribution in [1.82, 2.24) is 9.97 Å². The van der Waals surface area contributed by atoms with Gasteiger partial charge in [-0.3, -0.25) is 0 Å². The van der Waals surface area contributed by atoms with Gasteiger partial charge < -0.3 is 4.98 Å². The molecule has 1 aromatic heterocycles. The number of hydrogen-bond acceptors (Lipinski definition) is 2. The van der Waals surface area contributed by atoms with E-state index in [1.165, 1.54) is 57.1 Å². The molecular formula is C16H23BrN2S. The molecule has 2 aliphatic rings. The van der Waals surface area contributed by atoms with Crippen LogP contribution in [0.2, 0.25) is 0 Å². The lowest BCUT2D eigenvalue weighted by atomic mass is 9.82. The van der Waals surface area contributed by atoms with Crippen molar-refractivity contribution in [1.29, 1.82) is 0 Å². The minimum atomic E-state index is 0.584. The second kappa shape index (κ2) is 6.27. The lowest BCUT2D eigenvalue weighted by Crippen LogP contribution is -2.15. The molecule has 0 saturated heterocycles. The average molecular weight is 355 g/mol. The molecule has 2 fully saturated rings. The van der Waals surface area contributed by atoms with Crippen molar-refractivity contribution in [2.24, 2.45) is 5.92 Å². The molecule has 4 heteroatoms. The number of aromatic nitrogens is 2. The third kappa shape index (κ3) is 3.01. The van der Waals surface area contributed by atoms with Crippen LogP contribution >= 0.6 is 28.1 Å². The van der Waals surface area contributed by atoms with Crippen LogP contribution in [0.5, 0.6) is 0 Å². The number of H-pyrrole nitrogens is 1. The van der Waals surface area contributed by atoms with Crippen LogP contribution in [-0.4, -0.2) is 9.97 Å². The van der Waals surface area contributed by atoms with Gasteiger partial charge in [-0.15, -0.1) is 0 Å². The first kappa shape index (κ1) is 14.7. The van der Waals surface area contributed by atoms with Crippen molar-refractivity contribution in [3.05, 3.63) is 20.6 Å². The molecule has 0 bridgehead atoms. The molecule has 20 heavy (non-hydrogen) atoms. The van der Waals surface area contributed by atoms with Gasteiger partial charge >= 0.3 is 0 Å². The van der Waals surface area contributed by atoms with Gasteiger partial charge in [-0.1, -0.05) is 44.8 Å². The highest BCUT2D eigenvalue weighted by atomic mass is 79.9. The summed E-state index contributed by atoms with van der Waals surface area (Å²) in [5.74, 6) is 3.25. The number of aromatic amines is 1. The van der Waals surface area contributed by atoms with Gasteiger partial charge in [0.05, 0.1) is 4.47 Å². The minimum Gasteiger partial charge on any atom is -0.346 e. The fourth-order valence-electron chi connectivity index (χ4n) is 3.72. The van der Waals surface area contributed by atoms with Crippen LogP contribution in [0, 0.1) is 10.6 Å². The third-order valence-electron chi connectivity index (χ3n) is 5.07. The summed E-state index contributed by atoms with van der Waals surface area (Å²) in [7, 11) is 0. The lowest BCUT2D eigenvalue weighted by Gasteiger charge is -2.26. The Morgan fingerprint density at radius 2 is 1.70 bits per heavy atom. The highest BCUT2D eigenvalue weighted by Crippen LogP contribution is 2.39. The van der Waals surface area contributed by atoms with Crippen LogP contribution in [0.15, 0.2) is 4.47 Å². The summed E-state index contributed by atoms with van der Waals surface area (Å²) in [6.07, 6.45) is 10.4. The predicted molar refractivity (Wildman–Crippen MR) is 88.7 cm³/mol. The lowest BCUT2D eigenvalue weighted by molar-refractivity contribution is 0.338. The van der Waals surface area contributed by atoms with E-state index in [9.17, 15) is 0 Å². The molecule has 0 spiro atoms. The Bertz CT molecular complexity index is 526. The van der Waals surface area contributed by atoms with Gasteiger partial charge in [-0.2, -0.15) is 0 Å². The Morgan fingerprint density at radius 3 is 2.35 bits per heavy atom. The van der Waals surface area contributed by atoms with Gasteiger partial charge in [0.25, 0.3) is 0 Å². The van der Waals surface area contributed by atoms with Gasteiger partial charge in [0.1, 0.15) is 10.5 Å². The zero-order valence-electron chi connectivity index (χ0n) is 12.1. The molecule has 2 nitrogen and oxygen atoms in total. The third-order valence-corrected chi connectivity index (χ3v) is 6.44. The number of nitrogens with zero attached hydrogens (tertiary/aromatic N) is 1. The molecule has 2 aliphatic carbocycles. The summed E-state index contributed by atoms with van der Waals surface area (Å²) in [5.41, 5.74) is 1.32. The maximum Gasteiger partial charge on any atom is 0.144 e. The Labute approximate surface area is 134 Å². The molecule has 110 valence electrons. The molecule has 0 aliphatic heterocycles. The molecule has 0 aromatic carbocycles. The number of halogens is 1. The van der Waals surface area contributed by atoms with Crippen LogP contribution in [0.25, 0.3) is 0 Å². The van der Waals surface area contributed by atoms with Crippen LogP contribution in [0.3, 0.4) is 0 Å². The fourth-order valence-corrected chi connectivity index (χ4v) is 4.44. The van der Waals surface area contributed by atoms with Crippen molar-refractivity contribution in [2.75, 3.05) is 0 Å². The summed E-state index contributed by atoms with van der Waals surface area (Å²) < 4.78 is 1.78. The zero-order chi connectivity index (χ0) is 14.1. The quantitative estimate of drug-likeness (QED) is 0.674. The first-order valence-corrected chi connectivity index (χ1v) is 9.15. The van der Waals surface area contributed by atoms with Gasteiger partial charge in [-0.25, -0.2) is 4.98 Å². The second-order valence-electron chi connectivity index (χ2n) is 6.59. The van der Waals surface area contributed by atoms with Gasteiger partial charge in [-0.05, 0) is 47.5 Å². The number of nitrogens with one attached hydrogen (secondary N) is 1. The summed E-state index contributed by atoms with van der Waals surface area (Å²) in [6.45, 7) is 2.36. The van der Waals surface area contributed by atoms with E-state index in [-0.39, 0.29) is 0 Å². The Kier molecular flexibility index (Phi) is 4.61. The minimum absolute atomic E-state index is 0.584. The summed E-state index contributed by atoms with van der Waals surface area (Å²) in [5, 5.41) is 0. The van der Waals surface area contributed by atoms with E-state index in [0.29, 0.717) is 11.8 Å². The van der Waals surface area contributed by atoms with Gasteiger partial charge in [0, 0.05) is 17.5 Å². The first-order valence-electron chi connectivity index (χ1n) is 7.94. The molecule has 0 radical (unpaired) electrons. The highest BCUT2D eigenvalue weighted by molar-refractivity contribution is 9.10. The maximum absolute atomic E-state index is 5.48. The van der Waals surface area contributed by atoms with E-state index < -0.39 is 0 Å². The Hall–Kier alpha value is -0.220. The molecular weight excluding hydrogens is 332 g/mol. The average Bonchev–Trinajstić information content (AvgIpc) is 2.96. The summed E-state index contributed by atoms with van der Waals surface area (Å²) in [4.78, 5) is 8.32. The van der Waals surface area contributed by atoms with E-state index in [0.717, 1.165) is 20.9 Å². The standard InChI is InChI=1S/C16H23BrN2S/c1-10-6-8-12(9-7-10)15-18-14(11-4-2-3-5-11)13(17)16(20)19-15/h10-12H,2-9H2,1H3,(H,18,19,20). The number of rotatable bonds is 2. The summed E-state index contributed by atoms with van der Waals surface area (Å²) >= 11 is 9.14. The van der Waals surface area contributed by atoms with Crippen LogP contribution in [0.4, 0.5) is 0 Å². The molecule has 1 N–H and O–H groups in total. The molecule has 1 heterocycles. The van der Waals surface area contributed by atoms with E-state index in [1.54, 1.807) is 0 Å². The van der Waals surface area contributed by atoms with Crippen molar-refractivity contribution >= 4 is 28.1 Å². The first-order chi connectivity index (χ1) is 9.65. The van der Waals surface area contributed by atoms with Gasteiger partial charge in [0.2, 0.25) is 0 Å². The van der Waals surface area contributed by atoms with Crippen molar-refractivity contribution in [3.63, 3.8) is 0 Å². The van der Waals surface area contributed by atoms with Crippen molar-refractivity contribution in [2.45, 2.75) is 70.1 Å². The Balaban J connectivity index is 1.90. The van der Waals surface area contributed by atoms with Crippen LogP contribution in [0.1, 0.15) is 81.6 Å². The largest absolute Gasteiger partial charge is 0.346 e. The molecule has 2 saturated carbocycles. The normalized spacial score (nSPS) is 27.9. The van der Waals surface area contributed by atoms with Crippen LogP contribution in [-0.2, 0) is 0 Å². The molecule has 0 atom stereocenters. The SMILES string of the molecule is CC1CCC(c2nc(=S)c(Br)c(C3CCCC3)[nH]2)CC1. The fraction of sp³-hybridized carbons (Fsp3) is 0.750. The molecule has 1 aromatic rings. The Morgan fingerprint density at radius 1 is 1.05 bits per heavy atom. The zero-order valence-corrected chi connectivity index (χ0v) is 14.5. The van der Waals surface area contributed by atoms with E-state index >= 15 is 0 Å². The van der Waals surface area contributed by atoms with E-state index in [2.05, 4.69) is 32.8 Å². The predicted octanol–water partition coefficient (Wildman–Crippen LogP) is 5.85. The van der Waals surface area contributed by atoms with Crippen molar-refractivity contribution in [3.8, 4) is 0 Å². The van der Waals surface area contributed by atoms with Crippen molar-refractivity contribution < 1.29 is 0 Å².